The van der Waals surface area contributed by atoms with E-state index in [2.05, 4.69) is 15.2 Å². The van der Waals surface area contributed by atoms with E-state index in [-0.39, 0.29) is 30.6 Å². The van der Waals surface area contributed by atoms with E-state index < -0.39 is 5.92 Å². The number of carbonyl (C=O) groups is 3. The van der Waals surface area contributed by atoms with Crippen LogP contribution in [-0.4, -0.2) is 76.8 Å². The second-order valence-corrected chi connectivity index (χ2v) is 9.09. The molecule has 2 aliphatic rings. The summed E-state index contributed by atoms with van der Waals surface area (Å²) in [5.41, 5.74) is 0.602. The maximum atomic E-state index is 12.9. The monoisotopic (exact) mass is 434 g/mol. The largest absolute Gasteiger partial charge is 0.395 e. The van der Waals surface area contributed by atoms with E-state index in [1.165, 1.54) is 22.7 Å². The lowest BCUT2D eigenvalue weighted by atomic mass is 9.88. The minimum Gasteiger partial charge on any atom is -0.395 e. The number of aromatic nitrogens is 1. The Morgan fingerprint density at radius 2 is 2.03 bits per heavy atom. The first-order valence-electron chi connectivity index (χ1n) is 9.55. The van der Waals surface area contributed by atoms with Crippen LogP contribution in [0, 0.1) is 5.92 Å². The third-order valence-electron chi connectivity index (χ3n) is 5.24. The van der Waals surface area contributed by atoms with Gasteiger partial charge in [0, 0.05) is 45.6 Å². The lowest BCUT2D eigenvalue weighted by Gasteiger charge is -2.36. The zero-order chi connectivity index (χ0) is 20.4. The lowest BCUT2D eigenvalue weighted by molar-refractivity contribution is -0.137. The number of nitrogens with zero attached hydrogens (tertiary/aromatic N) is 3. The van der Waals surface area contributed by atoms with Crippen molar-refractivity contribution in [2.24, 2.45) is 5.92 Å². The average Bonchev–Trinajstić information content (AvgIpc) is 3.38. The van der Waals surface area contributed by atoms with E-state index in [0.29, 0.717) is 46.6 Å². The summed E-state index contributed by atoms with van der Waals surface area (Å²) in [7, 11) is 0. The summed E-state index contributed by atoms with van der Waals surface area (Å²) in [5, 5.41) is 14.0. The average molecular weight is 435 g/mol. The van der Waals surface area contributed by atoms with Crippen molar-refractivity contribution in [3.05, 3.63) is 33.0 Å². The van der Waals surface area contributed by atoms with E-state index in [0.717, 1.165) is 13.1 Å². The quantitative estimate of drug-likeness (QED) is 0.736. The number of thiophene rings is 1. The van der Waals surface area contributed by atoms with Gasteiger partial charge in [-0.2, -0.15) is 0 Å². The fourth-order valence-electron chi connectivity index (χ4n) is 3.72. The van der Waals surface area contributed by atoms with Crippen molar-refractivity contribution in [1.82, 2.24) is 14.8 Å². The first-order chi connectivity index (χ1) is 14.0. The minimum atomic E-state index is -0.401. The standard InChI is InChI=1S/C19H22N4O4S2/c24-8-7-22-3-5-23(6-4-22)18(27)12-10-13-16(14(25)11-12)29-19(20-13)21-17(26)15-2-1-9-28-15/h1-2,9,12,24H,3-8,10-11H2,(H,20,21,26)/t12-/m1/s1. The summed E-state index contributed by atoms with van der Waals surface area (Å²) in [6, 6.07) is 3.53. The van der Waals surface area contributed by atoms with Crippen LogP contribution in [0.2, 0.25) is 0 Å². The molecule has 1 aliphatic heterocycles. The molecule has 8 nitrogen and oxygen atoms in total. The van der Waals surface area contributed by atoms with Crippen LogP contribution in [0.5, 0.6) is 0 Å². The van der Waals surface area contributed by atoms with Gasteiger partial charge in [-0.1, -0.05) is 17.4 Å². The van der Waals surface area contributed by atoms with Crippen LogP contribution < -0.4 is 5.32 Å². The highest BCUT2D eigenvalue weighted by molar-refractivity contribution is 7.18. The number of hydrogen-bond donors (Lipinski definition) is 2. The van der Waals surface area contributed by atoms with Crippen molar-refractivity contribution in [2.45, 2.75) is 12.8 Å². The molecule has 0 spiro atoms. The maximum absolute atomic E-state index is 12.9. The Bertz CT molecular complexity index is 903. The molecule has 29 heavy (non-hydrogen) atoms. The summed E-state index contributed by atoms with van der Waals surface area (Å²) in [5.74, 6) is -0.739. The number of fused-ring (bicyclic) bond motifs is 1. The molecule has 2 aromatic heterocycles. The van der Waals surface area contributed by atoms with Crippen LogP contribution in [0.1, 0.15) is 31.5 Å². The number of β-amino-alcohol motifs (C(OH)–C–C–N with tert-alkyl or cyclic N) is 1. The molecule has 1 atom stereocenters. The third-order valence-corrected chi connectivity index (χ3v) is 7.16. The lowest BCUT2D eigenvalue weighted by Crippen LogP contribution is -2.51. The fraction of sp³-hybridized carbons (Fsp3) is 0.474. The van der Waals surface area contributed by atoms with E-state index in [1.807, 2.05) is 10.3 Å². The molecule has 1 fully saturated rings. The molecule has 1 saturated heterocycles. The molecule has 10 heteroatoms. The highest BCUT2D eigenvalue weighted by Gasteiger charge is 2.36. The smallest absolute Gasteiger partial charge is 0.267 e. The number of hydrogen-bond acceptors (Lipinski definition) is 8. The molecular formula is C19H22N4O4S2. The van der Waals surface area contributed by atoms with Gasteiger partial charge in [-0.25, -0.2) is 4.98 Å². The van der Waals surface area contributed by atoms with Crippen molar-refractivity contribution >= 4 is 45.4 Å². The van der Waals surface area contributed by atoms with Gasteiger partial charge in [0.1, 0.15) is 0 Å². The highest BCUT2D eigenvalue weighted by atomic mass is 32.1. The Kier molecular flexibility index (Phi) is 6.04. The third kappa shape index (κ3) is 4.40. The van der Waals surface area contributed by atoms with Gasteiger partial charge in [0.25, 0.3) is 5.91 Å². The van der Waals surface area contributed by atoms with Gasteiger partial charge < -0.3 is 10.0 Å². The Morgan fingerprint density at radius 1 is 1.24 bits per heavy atom. The van der Waals surface area contributed by atoms with Crippen LogP contribution in [0.25, 0.3) is 0 Å². The SMILES string of the molecule is O=C(Nc1nc2c(s1)C(=O)C[C@H](C(=O)N1CCN(CCO)CC1)C2)c1cccs1. The molecule has 0 radical (unpaired) electrons. The molecular weight excluding hydrogens is 412 g/mol. The second-order valence-electron chi connectivity index (χ2n) is 7.15. The number of anilines is 1. The summed E-state index contributed by atoms with van der Waals surface area (Å²) >= 11 is 2.52. The van der Waals surface area contributed by atoms with Crippen molar-refractivity contribution in [3.8, 4) is 0 Å². The molecule has 2 N–H and O–H groups in total. The highest BCUT2D eigenvalue weighted by Crippen LogP contribution is 2.33. The number of amides is 2. The number of aliphatic hydroxyl groups is 1. The van der Waals surface area contributed by atoms with Gasteiger partial charge in [-0.15, -0.1) is 11.3 Å². The number of aliphatic hydroxyl groups excluding tert-OH is 1. The fourth-order valence-corrected chi connectivity index (χ4v) is 5.27. The maximum Gasteiger partial charge on any atom is 0.267 e. The molecule has 0 saturated carbocycles. The topological polar surface area (TPSA) is 103 Å². The predicted octanol–water partition coefficient (Wildman–Crippen LogP) is 1.34. The number of Topliss-reactive ketones (excluding diaryl/α,β-unsaturated/α-hetero) is 1. The predicted molar refractivity (Wildman–Crippen MR) is 111 cm³/mol. The minimum absolute atomic E-state index is 0.00943. The van der Waals surface area contributed by atoms with Gasteiger partial charge >= 0.3 is 0 Å². The van der Waals surface area contributed by atoms with Crippen molar-refractivity contribution < 1.29 is 19.5 Å². The number of ketones is 1. The number of piperazine rings is 1. The van der Waals surface area contributed by atoms with Crippen LogP contribution in [-0.2, 0) is 11.2 Å². The van der Waals surface area contributed by atoms with Gasteiger partial charge in [0.15, 0.2) is 10.9 Å². The summed E-state index contributed by atoms with van der Waals surface area (Å²) in [6.07, 6.45) is 0.603. The Morgan fingerprint density at radius 3 is 2.72 bits per heavy atom. The summed E-state index contributed by atoms with van der Waals surface area (Å²) < 4.78 is 0. The van der Waals surface area contributed by atoms with Crippen molar-refractivity contribution in [1.29, 1.82) is 0 Å². The van der Waals surface area contributed by atoms with Gasteiger partial charge in [-0.05, 0) is 11.4 Å². The summed E-state index contributed by atoms with van der Waals surface area (Å²) in [4.78, 5) is 47.2. The number of rotatable bonds is 5. The van der Waals surface area contributed by atoms with Crippen molar-refractivity contribution in [3.63, 3.8) is 0 Å². The van der Waals surface area contributed by atoms with E-state index in [9.17, 15) is 14.4 Å². The van der Waals surface area contributed by atoms with Gasteiger partial charge in [0.2, 0.25) is 5.91 Å². The van der Waals surface area contributed by atoms with E-state index in [1.54, 1.807) is 12.1 Å². The van der Waals surface area contributed by atoms with E-state index >= 15 is 0 Å². The zero-order valence-electron chi connectivity index (χ0n) is 15.8. The van der Waals surface area contributed by atoms with Crippen LogP contribution in [0.15, 0.2) is 17.5 Å². The van der Waals surface area contributed by atoms with Crippen LogP contribution >= 0.6 is 22.7 Å². The van der Waals surface area contributed by atoms with Crippen LogP contribution in [0.4, 0.5) is 5.13 Å². The molecule has 3 heterocycles. The molecule has 0 bridgehead atoms. The molecule has 0 aromatic carbocycles. The molecule has 2 aromatic rings. The number of thiazole rings is 1. The molecule has 4 rings (SSSR count). The van der Waals surface area contributed by atoms with Crippen LogP contribution in [0.3, 0.4) is 0 Å². The zero-order valence-corrected chi connectivity index (χ0v) is 17.4. The van der Waals surface area contributed by atoms with Gasteiger partial charge in [-0.3, -0.25) is 24.6 Å². The van der Waals surface area contributed by atoms with Crippen molar-refractivity contribution in [2.75, 3.05) is 44.6 Å². The number of nitrogens with one attached hydrogen (secondary N) is 1. The number of carbonyl (C=O) groups excluding carboxylic acids is 3. The molecule has 0 unspecified atom stereocenters. The summed E-state index contributed by atoms with van der Waals surface area (Å²) in [6.45, 7) is 3.40. The molecule has 2 amide bonds. The normalized spacial score (nSPS) is 19.8. The van der Waals surface area contributed by atoms with Gasteiger partial charge in [0.05, 0.1) is 28.0 Å². The first kappa shape index (κ1) is 20.1. The molecule has 154 valence electrons. The molecule has 1 aliphatic carbocycles. The second kappa shape index (κ2) is 8.70. The van der Waals surface area contributed by atoms with E-state index in [4.69, 9.17) is 5.11 Å². The Labute approximate surface area is 176 Å². The first-order valence-corrected chi connectivity index (χ1v) is 11.2. The Hall–Kier alpha value is -2.14. The Balaban J connectivity index is 1.40.